The van der Waals surface area contributed by atoms with Gasteiger partial charge in [-0.3, -0.25) is 4.79 Å². The number of rotatable bonds is 1. The first-order chi connectivity index (χ1) is 14.1. The van der Waals surface area contributed by atoms with E-state index in [1.807, 2.05) is 6.07 Å². The summed E-state index contributed by atoms with van der Waals surface area (Å²) in [6.45, 7) is 2.98. The Bertz CT molecular complexity index is 1070. The lowest BCUT2D eigenvalue weighted by molar-refractivity contribution is -0.226. The maximum atomic E-state index is 12.3. The van der Waals surface area contributed by atoms with Crippen molar-refractivity contribution in [2.75, 3.05) is 11.1 Å². The molecule has 0 spiro atoms. The van der Waals surface area contributed by atoms with E-state index in [-0.39, 0.29) is 5.75 Å². The first-order valence-electron chi connectivity index (χ1n) is 9.97. The Kier molecular flexibility index (Phi) is 3.75. The Hall–Kier alpha value is -2.81. The number of ether oxygens (including phenoxy) is 1. The second-order valence-electron chi connectivity index (χ2n) is 8.68. The summed E-state index contributed by atoms with van der Waals surface area (Å²) in [5, 5.41) is 37.2. The second kappa shape index (κ2) is 5.87. The third kappa shape index (κ3) is 2.03. The van der Waals surface area contributed by atoms with Crippen LogP contribution in [-0.4, -0.2) is 39.1 Å². The number of carbonyl (C=O) groups excluding carboxylic acids is 1. The molecule has 0 saturated heterocycles. The van der Waals surface area contributed by atoms with Crippen molar-refractivity contribution in [1.29, 1.82) is 0 Å². The molecule has 0 radical (unpaired) electrons. The number of phenolic OH excluding ortho intramolecular Hbond substituents is 1. The van der Waals surface area contributed by atoms with Crippen LogP contribution in [0, 0.1) is 5.92 Å². The Morgan fingerprint density at radius 3 is 2.70 bits per heavy atom. The van der Waals surface area contributed by atoms with E-state index in [0.717, 1.165) is 0 Å². The van der Waals surface area contributed by atoms with Gasteiger partial charge in [0.05, 0.1) is 11.6 Å². The molecular weight excluding hydrogens is 386 g/mol. The molecule has 1 heterocycles. The summed E-state index contributed by atoms with van der Waals surface area (Å²) in [6.07, 6.45) is -2.16. The molecule has 158 valence electrons. The van der Waals surface area contributed by atoms with Gasteiger partial charge in [0.2, 0.25) is 0 Å². The standard InChI is InChI=1S/C22H25N3O5/c1-9-19(30-10(2)26)18(28)17-12-4-3-5-14(23)16(12)20-22(9,29)21(17,24)13-8-11(27)6-7-15(13)25-20/h3-9,17-20,25,27-29H,23-24H2,1-2H3/t9-,17+,18+,19-,20-,21-,22-/m0/s1. The number of aliphatic hydroxyl groups excluding tert-OH is 1. The van der Waals surface area contributed by atoms with Gasteiger partial charge < -0.3 is 36.8 Å². The maximum Gasteiger partial charge on any atom is 0.303 e. The van der Waals surface area contributed by atoms with E-state index < -0.39 is 47.2 Å². The Morgan fingerprint density at radius 1 is 1.27 bits per heavy atom. The number of aliphatic hydroxyl groups is 2. The van der Waals surface area contributed by atoms with Gasteiger partial charge in [-0.15, -0.1) is 0 Å². The number of nitrogen functional groups attached to an aromatic ring is 1. The van der Waals surface area contributed by atoms with Crippen LogP contribution in [0.4, 0.5) is 11.4 Å². The Balaban J connectivity index is 1.87. The fourth-order valence-corrected chi connectivity index (χ4v) is 6.07. The highest BCUT2D eigenvalue weighted by atomic mass is 16.6. The molecule has 8 nitrogen and oxygen atoms in total. The zero-order valence-electron chi connectivity index (χ0n) is 16.7. The third-order valence-corrected chi connectivity index (χ3v) is 7.31. The number of aromatic hydroxyl groups is 1. The number of anilines is 2. The highest BCUT2D eigenvalue weighted by Crippen LogP contribution is 2.67. The number of benzene rings is 2. The lowest BCUT2D eigenvalue weighted by atomic mass is 9.45. The minimum Gasteiger partial charge on any atom is -0.508 e. The molecule has 5 rings (SSSR count). The molecule has 2 aromatic rings. The highest BCUT2D eigenvalue weighted by Gasteiger charge is 2.74. The SMILES string of the molecule is CC(=O)O[C@@H]1[C@H](O)[C@H]2c3cccc(N)c3[C@@H]3Nc4ccc(O)cc4[C@@]2(N)[C@]3(O)[C@H]1C. The lowest BCUT2D eigenvalue weighted by Gasteiger charge is -2.67. The molecule has 1 saturated carbocycles. The number of esters is 1. The van der Waals surface area contributed by atoms with Crippen LogP contribution in [-0.2, 0) is 15.1 Å². The fourth-order valence-electron chi connectivity index (χ4n) is 6.07. The van der Waals surface area contributed by atoms with Gasteiger partial charge in [0.1, 0.15) is 23.6 Å². The molecule has 8 heteroatoms. The van der Waals surface area contributed by atoms with Crippen molar-refractivity contribution in [3.05, 3.63) is 53.1 Å². The van der Waals surface area contributed by atoms with Crippen LogP contribution < -0.4 is 16.8 Å². The molecule has 2 aliphatic carbocycles. The Morgan fingerprint density at radius 2 is 2.00 bits per heavy atom. The first-order valence-corrected chi connectivity index (χ1v) is 9.97. The number of fused-ring (bicyclic) bond motifs is 4. The Labute approximate surface area is 173 Å². The molecule has 8 N–H and O–H groups in total. The van der Waals surface area contributed by atoms with Gasteiger partial charge in [-0.2, -0.15) is 0 Å². The van der Waals surface area contributed by atoms with Crippen molar-refractivity contribution < 1.29 is 24.9 Å². The van der Waals surface area contributed by atoms with Gasteiger partial charge in [-0.25, -0.2) is 0 Å². The van der Waals surface area contributed by atoms with Crippen LogP contribution in [0.25, 0.3) is 0 Å². The van der Waals surface area contributed by atoms with Crippen LogP contribution in [0.2, 0.25) is 0 Å². The molecule has 0 amide bonds. The van der Waals surface area contributed by atoms with Gasteiger partial charge in [0, 0.05) is 41.3 Å². The predicted molar refractivity (Wildman–Crippen MR) is 110 cm³/mol. The summed E-state index contributed by atoms with van der Waals surface area (Å²) in [7, 11) is 0. The molecule has 4 bridgehead atoms. The number of carbonyl (C=O) groups is 1. The van der Waals surface area contributed by atoms with E-state index in [9.17, 15) is 20.1 Å². The van der Waals surface area contributed by atoms with Crippen LogP contribution in [0.15, 0.2) is 36.4 Å². The van der Waals surface area contributed by atoms with Crippen molar-refractivity contribution in [2.45, 2.75) is 49.2 Å². The number of nitrogens with one attached hydrogen (secondary N) is 1. The van der Waals surface area contributed by atoms with Gasteiger partial charge in [0.25, 0.3) is 0 Å². The normalized spacial score (nSPS) is 38.1. The average Bonchev–Trinajstić information content (AvgIpc) is 2.68. The topological polar surface area (TPSA) is 151 Å². The van der Waals surface area contributed by atoms with Crippen LogP contribution in [0.1, 0.15) is 42.5 Å². The number of hydrogen-bond acceptors (Lipinski definition) is 8. The van der Waals surface area contributed by atoms with Crippen molar-refractivity contribution in [3.63, 3.8) is 0 Å². The molecular formula is C22H25N3O5. The van der Waals surface area contributed by atoms with E-state index in [2.05, 4.69) is 5.32 Å². The van der Waals surface area contributed by atoms with Crippen molar-refractivity contribution in [3.8, 4) is 5.75 Å². The zero-order chi connectivity index (χ0) is 21.6. The van der Waals surface area contributed by atoms with E-state index in [1.165, 1.54) is 19.1 Å². The molecule has 30 heavy (non-hydrogen) atoms. The summed E-state index contributed by atoms with van der Waals surface area (Å²) in [5.74, 6) is -2.11. The van der Waals surface area contributed by atoms with E-state index in [0.29, 0.717) is 28.1 Å². The minimum atomic E-state index is -1.67. The second-order valence-corrected chi connectivity index (χ2v) is 8.68. The molecule has 1 aliphatic heterocycles. The summed E-state index contributed by atoms with van der Waals surface area (Å²) < 4.78 is 5.47. The first kappa shape index (κ1) is 19.2. The van der Waals surface area contributed by atoms with Gasteiger partial charge >= 0.3 is 5.97 Å². The summed E-state index contributed by atoms with van der Waals surface area (Å²) >= 11 is 0. The molecule has 0 aromatic heterocycles. The highest BCUT2D eigenvalue weighted by molar-refractivity contribution is 5.72. The van der Waals surface area contributed by atoms with E-state index in [4.69, 9.17) is 16.2 Å². The monoisotopic (exact) mass is 411 g/mol. The molecule has 0 unspecified atom stereocenters. The zero-order valence-corrected chi connectivity index (χ0v) is 16.7. The summed E-state index contributed by atoms with van der Waals surface area (Å²) in [5.41, 5.74) is 13.2. The number of phenols is 1. The van der Waals surface area contributed by atoms with Crippen molar-refractivity contribution in [2.24, 2.45) is 11.7 Å². The van der Waals surface area contributed by atoms with Crippen LogP contribution in [0.5, 0.6) is 5.75 Å². The largest absolute Gasteiger partial charge is 0.508 e. The minimum absolute atomic E-state index is 0.00227. The van der Waals surface area contributed by atoms with Gasteiger partial charge in [-0.1, -0.05) is 19.1 Å². The summed E-state index contributed by atoms with van der Waals surface area (Å²) in [6, 6.07) is 9.38. The summed E-state index contributed by atoms with van der Waals surface area (Å²) in [4.78, 5) is 11.8. The van der Waals surface area contributed by atoms with Crippen LogP contribution >= 0.6 is 0 Å². The van der Waals surface area contributed by atoms with Crippen LogP contribution in [0.3, 0.4) is 0 Å². The van der Waals surface area contributed by atoms with Gasteiger partial charge in [0.15, 0.2) is 0 Å². The van der Waals surface area contributed by atoms with E-state index in [1.54, 1.807) is 25.1 Å². The van der Waals surface area contributed by atoms with Crippen molar-refractivity contribution in [1.82, 2.24) is 0 Å². The quantitative estimate of drug-likeness (QED) is 0.232. The van der Waals surface area contributed by atoms with E-state index >= 15 is 0 Å². The smallest absolute Gasteiger partial charge is 0.303 e. The maximum absolute atomic E-state index is 12.3. The average molecular weight is 411 g/mol. The van der Waals surface area contributed by atoms with Gasteiger partial charge in [-0.05, 0) is 29.8 Å². The number of nitrogens with two attached hydrogens (primary N) is 2. The number of hydrogen-bond donors (Lipinski definition) is 6. The van der Waals surface area contributed by atoms with Crippen molar-refractivity contribution >= 4 is 17.3 Å². The molecule has 3 aliphatic rings. The lowest BCUT2D eigenvalue weighted by Crippen LogP contribution is -2.79. The third-order valence-electron chi connectivity index (χ3n) is 7.31. The molecule has 1 fully saturated rings. The molecule has 7 atom stereocenters. The fraction of sp³-hybridized carbons (Fsp3) is 0.409. The molecule has 2 aromatic carbocycles. The predicted octanol–water partition coefficient (Wildman–Crippen LogP) is 1.07.